The van der Waals surface area contributed by atoms with E-state index in [0.29, 0.717) is 22.5 Å². The lowest BCUT2D eigenvalue weighted by Crippen LogP contribution is -2.11. The zero-order valence-corrected chi connectivity index (χ0v) is 19.5. The second kappa shape index (κ2) is 8.96. The van der Waals surface area contributed by atoms with E-state index in [1.807, 2.05) is 0 Å². The smallest absolute Gasteiger partial charge is 0.257 e. The minimum atomic E-state index is -3.54. The maximum Gasteiger partial charge on any atom is 0.257 e. The number of nitrogens with one attached hydrogen (secondary N) is 1. The molecule has 0 spiro atoms. The van der Waals surface area contributed by atoms with E-state index < -0.39 is 27.4 Å². The Hall–Kier alpha value is -3.63. The first-order valence-electron chi connectivity index (χ1n) is 9.76. The SMILES string of the molecule is Cn1cc(C(=O)Nc2cc(Cl)cc(S(C)(=O)=O)c2)cc1-c1ncc(F)cc1-c1cncc(F)c1. The Morgan fingerprint density at radius 1 is 1.03 bits per heavy atom. The fraction of sp³-hybridized carbons (Fsp3) is 0.0870. The van der Waals surface area contributed by atoms with Crippen LogP contribution in [0.15, 0.2) is 66.1 Å². The summed E-state index contributed by atoms with van der Waals surface area (Å²) < 4.78 is 53.0. The summed E-state index contributed by atoms with van der Waals surface area (Å²) in [6.45, 7) is 0. The van der Waals surface area contributed by atoms with Gasteiger partial charge in [-0.05, 0) is 36.4 Å². The van der Waals surface area contributed by atoms with Crippen LogP contribution in [0.4, 0.5) is 14.5 Å². The molecule has 1 amide bonds. The van der Waals surface area contributed by atoms with Crippen molar-refractivity contribution in [2.45, 2.75) is 4.90 Å². The first-order chi connectivity index (χ1) is 16.0. The highest BCUT2D eigenvalue weighted by Gasteiger charge is 2.19. The molecule has 34 heavy (non-hydrogen) atoms. The molecule has 4 aromatic rings. The van der Waals surface area contributed by atoms with Crippen LogP contribution in [0.2, 0.25) is 5.02 Å². The summed E-state index contributed by atoms with van der Waals surface area (Å²) in [7, 11) is -1.86. The number of aromatic nitrogens is 3. The van der Waals surface area contributed by atoms with Crippen molar-refractivity contribution in [2.24, 2.45) is 7.05 Å². The third kappa shape index (κ3) is 4.97. The Balaban J connectivity index is 1.71. The molecule has 0 fully saturated rings. The van der Waals surface area contributed by atoms with Gasteiger partial charge in [0.05, 0.1) is 34.2 Å². The Labute approximate surface area is 199 Å². The molecule has 11 heteroatoms. The highest BCUT2D eigenvalue weighted by molar-refractivity contribution is 7.90. The minimum absolute atomic E-state index is 0.0343. The number of nitrogens with zero attached hydrogens (tertiary/aromatic N) is 3. The zero-order chi connectivity index (χ0) is 24.6. The Kier molecular flexibility index (Phi) is 6.20. The second-order valence-electron chi connectivity index (χ2n) is 7.57. The third-order valence-corrected chi connectivity index (χ3v) is 6.25. The van der Waals surface area contributed by atoms with Crippen molar-refractivity contribution in [1.82, 2.24) is 14.5 Å². The van der Waals surface area contributed by atoms with Gasteiger partial charge in [0.15, 0.2) is 9.84 Å². The van der Waals surface area contributed by atoms with Crippen LogP contribution in [0.25, 0.3) is 22.5 Å². The van der Waals surface area contributed by atoms with E-state index in [0.717, 1.165) is 18.6 Å². The van der Waals surface area contributed by atoms with Crippen LogP contribution in [0, 0.1) is 11.6 Å². The van der Waals surface area contributed by atoms with Gasteiger partial charge in [0.25, 0.3) is 5.91 Å². The van der Waals surface area contributed by atoms with Crippen molar-refractivity contribution in [3.05, 3.63) is 83.4 Å². The number of hydrogen-bond acceptors (Lipinski definition) is 5. The van der Waals surface area contributed by atoms with Crippen molar-refractivity contribution < 1.29 is 22.0 Å². The molecule has 0 saturated carbocycles. The highest BCUT2D eigenvalue weighted by Crippen LogP contribution is 2.32. The average molecular weight is 503 g/mol. The minimum Gasteiger partial charge on any atom is -0.348 e. The largest absolute Gasteiger partial charge is 0.348 e. The Morgan fingerprint density at radius 2 is 1.76 bits per heavy atom. The summed E-state index contributed by atoms with van der Waals surface area (Å²) in [6, 6.07) is 7.98. The molecule has 4 rings (SSSR count). The first kappa shape index (κ1) is 23.5. The van der Waals surface area contributed by atoms with Crippen LogP contribution < -0.4 is 5.32 Å². The lowest BCUT2D eigenvalue weighted by Gasteiger charge is -2.10. The highest BCUT2D eigenvalue weighted by atomic mass is 35.5. The number of carbonyl (C=O) groups is 1. The molecule has 0 unspecified atom stereocenters. The van der Waals surface area contributed by atoms with E-state index in [9.17, 15) is 22.0 Å². The number of aryl methyl sites for hydroxylation is 1. The van der Waals surface area contributed by atoms with Gasteiger partial charge in [-0.1, -0.05) is 11.6 Å². The van der Waals surface area contributed by atoms with Crippen molar-refractivity contribution in [3.63, 3.8) is 0 Å². The Morgan fingerprint density at radius 3 is 2.47 bits per heavy atom. The van der Waals surface area contributed by atoms with Crippen molar-refractivity contribution in [1.29, 1.82) is 0 Å². The number of carbonyl (C=O) groups excluding carboxylic acids is 1. The number of halogens is 3. The maximum absolute atomic E-state index is 14.0. The molecule has 7 nitrogen and oxygen atoms in total. The normalized spacial score (nSPS) is 11.4. The summed E-state index contributed by atoms with van der Waals surface area (Å²) >= 11 is 6.00. The van der Waals surface area contributed by atoms with Gasteiger partial charge >= 0.3 is 0 Å². The van der Waals surface area contributed by atoms with E-state index >= 15 is 0 Å². The third-order valence-electron chi connectivity index (χ3n) is 4.94. The van der Waals surface area contributed by atoms with Gasteiger partial charge in [0, 0.05) is 47.5 Å². The van der Waals surface area contributed by atoms with Crippen molar-refractivity contribution in [2.75, 3.05) is 11.6 Å². The second-order valence-corrected chi connectivity index (χ2v) is 10.0. The predicted octanol–water partition coefficient (Wildman–Crippen LogP) is 4.74. The van der Waals surface area contributed by atoms with Crippen molar-refractivity contribution in [3.8, 4) is 22.5 Å². The van der Waals surface area contributed by atoms with E-state index in [1.165, 1.54) is 48.8 Å². The van der Waals surface area contributed by atoms with Crippen LogP contribution >= 0.6 is 11.6 Å². The number of amides is 1. The van der Waals surface area contributed by atoms with Gasteiger partial charge in [-0.3, -0.25) is 14.8 Å². The topological polar surface area (TPSA) is 94.0 Å². The molecular formula is C23H17ClF2N4O3S. The van der Waals surface area contributed by atoms with Crippen LogP contribution in [-0.4, -0.2) is 35.1 Å². The zero-order valence-electron chi connectivity index (χ0n) is 17.9. The summed E-state index contributed by atoms with van der Waals surface area (Å²) in [5, 5.41) is 2.77. The molecule has 0 bridgehead atoms. The quantitative estimate of drug-likeness (QED) is 0.425. The van der Waals surface area contributed by atoms with Crippen LogP contribution in [0.5, 0.6) is 0 Å². The maximum atomic E-state index is 14.0. The molecule has 1 aromatic carbocycles. The van der Waals surface area contributed by atoms with Gasteiger partial charge in [-0.15, -0.1) is 0 Å². The summed E-state index contributed by atoms with van der Waals surface area (Å²) in [5.74, 6) is -1.73. The molecule has 174 valence electrons. The van der Waals surface area contributed by atoms with Crippen LogP contribution in [0.3, 0.4) is 0 Å². The van der Waals surface area contributed by atoms with E-state index in [4.69, 9.17) is 11.6 Å². The number of rotatable bonds is 5. The molecule has 0 aliphatic rings. The van der Waals surface area contributed by atoms with Crippen LogP contribution in [-0.2, 0) is 16.9 Å². The van der Waals surface area contributed by atoms with Gasteiger partial charge in [0.2, 0.25) is 0 Å². The van der Waals surface area contributed by atoms with E-state index in [2.05, 4.69) is 15.3 Å². The Bertz CT molecular complexity index is 1540. The molecule has 3 aromatic heterocycles. The summed E-state index contributed by atoms with van der Waals surface area (Å²) in [4.78, 5) is 20.8. The average Bonchev–Trinajstić information content (AvgIpc) is 3.14. The van der Waals surface area contributed by atoms with Gasteiger partial charge in [-0.25, -0.2) is 17.2 Å². The number of benzene rings is 1. The molecule has 1 N–H and O–H groups in total. The predicted molar refractivity (Wildman–Crippen MR) is 124 cm³/mol. The van der Waals surface area contributed by atoms with Crippen molar-refractivity contribution >= 4 is 33.0 Å². The van der Waals surface area contributed by atoms with Gasteiger partial charge < -0.3 is 9.88 Å². The lowest BCUT2D eigenvalue weighted by atomic mass is 10.0. The molecule has 0 saturated heterocycles. The number of sulfone groups is 1. The molecule has 0 aliphatic carbocycles. The molecular weight excluding hydrogens is 486 g/mol. The lowest BCUT2D eigenvalue weighted by molar-refractivity contribution is 0.102. The first-order valence-corrected chi connectivity index (χ1v) is 12.0. The van der Waals surface area contributed by atoms with E-state index in [1.54, 1.807) is 11.6 Å². The fourth-order valence-electron chi connectivity index (χ4n) is 3.40. The summed E-state index contributed by atoms with van der Waals surface area (Å²) in [5.41, 5.74) is 1.83. The number of hydrogen-bond donors (Lipinski definition) is 1. The standard InChI is InChI=1S/C23H17ClF2N4O3S/c1-30-12-14(23(31)29-18-5-15(24)6-19(8-18)34(2,32)33)4-21(30)22-20(7-17(26)11-28-22)13-3-16(25)10-27-9-13/h3-12H,1-2H3,(H,29,31). The summed E-state index contributed by atoms with van der Waals surface area (Å²) in [6.07, 6.45) is 6.02. The number of anilines is 1. The fourth-order valence-corrected chi connectivity index (χ4v) is 4.38. The molecule has 3 heterocycles. The molecule has 0 radical (unpaired) electrons. The van der Waals surface area contributed by atoms with Crippen LogP contribution in [0.1, 0.15) is 10.4 Å². The van der Waals surface area contributed by atoms with Gasteiger partial charge in [-0.2, -0.15) is 0 Å². The molecule has 0 aliphatic heterocycles. The monoisotopic (exact) mass is 502 g/mol. The molecule has 0 atom stereocenters. The van der Waals surface area contributed by atoms with E-state index in [-0.39, 0.29) is 21.2 Å². The van der Waals surface area contributed by atoms with Gasteiger partial charge in [0.1, 0.15) is 11.6 Å². The number of pyridine rings is 2.